The van der Waals surface area contributed by atoms with Crippen molar-refractivity contribution in [2.24, 2.45) is 0 Å². The zero-order chi connectivity index (χ0) is 19.7. The average Bonchev–Trinajstić information content (AvgIpc) is 2.60. The van der Waals surface area contributed by atoms with Gasteiger partial charge in [-0.15, -0.1) is 0 Å². The van der Waals surface area contributed by atoms with E-state index in [1.54, 1.807) is 11.0 Å². The molecule has 148 valence electrons. The van der Waals surface area contributed by atoms with Crippen LogP contribution in [0.2, 0.25) is 0 Å². The fourth-order valence-electron chi connectivity index (χ4n) is 3.60. The number of anilines is 1. The van der Waals surface area contributed by atoms with E-state index in [2.05, 4.69) is 10.8 Å². The highest BCUT2D eigenvalue weighted by molar-refractivity contribution is 7.89. The Morgan fingerprint density at radius 3 is 2.74 bits per heavy atom. The summed E-state index contributed by atoms with van der Waals surface area (Å²) in [6.45, 7) is 6.03. The number of fused-ring (bicyclic) bond motifs is 1. The average molecular weight is 393 g/mol. The van der Waals surface area contributed by atoms with Crippen molar-refractivity contribution in [2.45, 2.75) is 63.4 Å². The maximum absolute atomic E-state index is 12.7. The number of rotatable bonds is 5. The van der Waals surface area contributed by atoms with Crippen LogP contribution in [0.4, 0.5) is 5.69 Å². The number of hydrogen-bond acceptors (Lipinski definition) is 4. The molecule has 7 heteroatoms. The molecule has 0 radical (unpaired) electrons. The molecule has 2 aliphatic rings. The third-order valence-corrected chi connectivity index (χ3v) is 6.42. The van der Waals surface area contributed by atoms with Gasteiger partial charge in [0.15, 0.2) is 0 Å². The standard InChI is InChI=1S/C20H28N2O4S/c1-15(23)22-14-20(2,3)26-19-10-9-17(13-18(19)22)27(24,25)21-12-11-16-7-5-4-6-8-16/h7,9-10,13,21H,4-6,8,11-12,14H2,1-3H3. The Kier molecular flexibility index (Phi) is 5.63. The second-order valence-corrected chi connectivity index (χ2v) is 9.62. The molecular weight excluding hydrogens is 364 g/mol. The van der Waals surface area contributed by atoms with Crippen LogP contribution in [-0.4, -0.2) is 33.0 Å². The molecule has 0 unspecified atom stereocenters. The van der Waals surface area contributed by atoms with E-state index in [4.69, 9.17) is 4.74 Å². The van der Waals surface area contributed by atoms with Crippen LogP contribution < -0.4 is 14.4 Å². The smallest absolute Gasteiger partial charge is 0.240 e. The molecule has 0 saturated carbocycles. The number of carbonyl (C=O) groups is 1. The molecule has 1 amide bonds. The third kappa shape index (κ3) is 4.71. The molecule has 0 saturated heterocycles. The Labute approximate surface area is 161 Å². The lowest BCUT2D eigenvalue weighted by atomic mass is 9.97. The molecular formula is C20H28N2O4S. The van der Waals surface area contributed by atoms with E-state index in [1.165, 1.54) is 37.5 Å². The van der Waals surface area contributed by atoms with Gasteiger partial charge in [0.05, 0.1) is 17.1 Å². The third-order valence-electron chi connectivity index (χ3n) is 4.96. The number of amides is 1. The number of ether oxygens (including phenoxy) is 1. The van der Waals surface area contributed by atoms with Crippen LogP contribution in [0.1, 0.15) is 52.9 Å². The molecule has 0 spiro atoms. The molecule has 0 aromatic heterocycles. The Hall–Kier alpha value is -1.86. The van der Waals surface area contributed by atoms with E-state index in [1.807, 2.05) is 13.8 Å². The second-order valence-electron chi connectivity index (χ2n) is 7.85. The Morgan fingerprint density at radius 2 is 2.07 bits per heavy atom. The first-order valence-electron chi connectivity index (χ1n) is 9.47. The lowest BCUT2D eigenvalue weighted by molar-refractivity contribution is -0.117. The van der Waals surface area contributed by atoms with Gasteiger partial charge in [0.2, 0.25) is 15.9 Å². The first-order valence-corrected chi connectivity index (χ1v) is 10.9. The number of hydrogen-bond donors (Lipinski definition) is 1. The van der Waals surface area contributed by atoms with Crippen LogP contribution >= 0.6 is 0 Å². The summed E-state index contributed by atoms with van der Waals surface area (Å²) in [5, 5.41) is 0. The van der Waals surface area contributed by atoms with Gasteiger partial charge in [0.25, 0.3) is 0 Å². The van der Waals surface area contributed by atoms with Gasteiger partial charge in [-0.25, -0.2) is 13.1 Å². The van der Waals surface area contributed by atoms with Crippen molar-refractivity contribution in [2.75, 3.05) is 18.0 Å². The van der Waals surface area contributed by atoms with Crippen molar-refractivity contribution in [3.8, 4) is 5.75 Å². The van der Waals surface area contributed by atoms with Crippen molar-refractivity contribution >= 4 is 21.6 Å². The highest BCUT2D eigenvalue weighted by Gasteiger charge is 2.34. The van der Waals surface area contributed by atoms with Gasteiger partial charge in [-0.1, -0.05) is 11.6 Å². The summed E-state index contributed by atoms with van der Waals surface area (Å²) in [5.41, 5.74) is 1.30. The highest BCUT2D eigenvalue weighted by atomic mass is 32.2. The molecule has 6 nitrogen and oxygen atoms in total. The molecule has 0 fully saturated rings. The van der Waals surface area contributed by atoms with Crippen molar-refractivity contribution in [3.63, 3.8) is 0 Å². The Balaban J connectivity index is 1.77. The fourth-order valence-corrected chi connectivity index (χ4v) is 4.65. The van der Waals surface area contributed by atoms with E-state index in [0.29, 0.717) is 24.5 Å². The largest absolute Gasteiger partial charge is 0.484 e. The van der Waals surface area contributed by atoms with E-state index in [9.17, 15) is 13.2 Å². The van der Waals surface area contributed by atoms with Gasteiger partial charge >= 0.3 is 0 Å². The maximum atomic E-state index is 12.7. The normalized spacial score (nSPS) is 19.1. The number of benzene rings is 1. The molecule has 1 aromatic carbocycles. The zero-order valence-corrected chi connectivity index (χ0v) is 17.1. The van der Waals surface area contributed by atoms with Gasteiger partial charge in [-0.3, -0.25) is 4.79 Å². The molecule has 1 aromatic rings. The summed E-state index contributed by atoms with van der Waals surface area (Å²) in [6, 6.07) is 4.68. The summed E-state index contributed by atoms with van der Waals surface area (Å²) < 4.78 is 34.0. The molecule has 27 heavy (non-hydrogen) atoms. The zero-order valence-electron chi connectivity index (χ0n) is 16.2. The van der Waals surface area contributed by atoms with Crippen LogP contribution in [0.15, 0.2) is 34.7 Å². The SMILES string of the molecule is CC(=O)N1CC(C)(C)Oc2ccc(S(=O)(=O)NCCC3=CCCCC3)cc21. The summed E-state index contributed by atoms with van der Waals surface area (Å²) in [5.74, 6) is 0.382. The summed E-state index contributed by atoms with van der Waals surface area (Å²) in [4.78, 5) is 13.8. The first kappa shape index (κ1) is 19.9. The summed E-state index contributed by atoms with van der Waals surface area (Å²) in [7, 11) is -3.64. The highest BCUT2D eigenvalue weighted by Crippen LogP contribution is 2.38. The van der Waals surface area contributed by atoms with Gasteiger partial charge in [0.1, 0.15) is 11.4 Å². The first-order chi connectivity index (χ1) is 12.7. The predicted octanol–water partition coefficient (Wildman–Crippen LogP) is 3.38. The molecule has 0 atom stereocenters. The molecule has 0 bridgehead atoms. The molecule has 1 N–H and O–H groups in total. The van der Waals surface area contributed by atoms with E-state index >= 15 is 0 Å². The van der Waals surface area contributed by atoms with E-state index in [0.717, 1.165) is 19.3 Å². The minimum Gasteiger partial charge on any atom is -0.484 e. The topological polar surface area (TPSA) is 75.7 Å². The van der Waals surface area contributed by atoms with Crippen LogP contribution in [-0.2, 0) is 14.8 Å². The summed E-state index contributed by atoms with van der Waals surface area (Å²) in [6.07, 6.45) is 7.50. The van der Waals surface area contributed by atoms with Gasteiger partial charge in [0, 0.05) is 13.5 Å². The monoisotopic (exact) mass is 392 g/mol. The lowest BCUT2D eigenvalue weighted by Crippen LogP contribution is -2.48. The van der Waals surface area contributed by atoms with Crippen molar-refractivity contribution < 1.29 is 17.9 Å². The molecule has 1 heterocycles. The summed E-state index contributed by atoms with van der Waals surface area (Å²) >= 11 is 0. The molecule has 1 aliphatic heterocycles. The maximum Gasteiger partial charge on any atom is 0.240 e. The van der Waals surface area contributed by atoms with Crippen molar-refractivity contribution in [1.82, 2.24) is 4.72 Å². The molecule has 3 rings (SSSR count). The quantitative estimate of drug-likeness (QED) is 0.780. The second kappa shape index (κ2) is 7.64. The van der Waals surface area contributed by atoms with Gasteiger partial charge < -0.3 is 9.64 Å². The Bertz CT molecular complexity index is 859. The number of nitrogens with one attached hydrogen (secondary N) is 1. The van der Waals surface area contributed by atoms with Crippen LogP contribution in [0.5, 0.6) is 5.75 Å². The lowest BCUT2D eigenvalue weighted by Gasteiger charge is -2.39. The number of sulfonamides is 1. The molecule has 1 aliphatic carbocycles. The Morgan fingerprint density at radius 1 is 1.30 bits per heavy atom. The van der Waals surface area contributed by atoms with E-state index in [-0.39, 0.29) is 10.8 Å². The van der Waals surface area contributed by atoms with E-state index < -0.39 is 15.6 Å². The van der Waals surface area contributed by atoms with Crippen molar-refractivity contribution in [1.29, 1.82) is 0 Å². The minimum atomic E-state index is -3.64. The number of nitrogens with zero attached hydrogens (tertiary/aromatic N) is 1. The van der Waals surface area contributed by atoms with Crippen LogP contribution in [0, 0.1) is 0 Å². The van der Waals surface area contributed by atoms with Gasteiger partial charge in [-0.2, -0.15) is 0 Å². The minimum absolute atomic E-state index is 0.139. The van der Waals surface area contributed by atoms with Crippen LogP contribution in [0.3, 0.4) is 0 Å². The van der Waals surface area contributed by atoms with Crippen molar-refractivity contribution in [3.05, 3.63) is 29.8 Å². The fraction of sp³-hybridized carbons (Fsp3) is 0.550. The number of carbonyl (C=O) groups excluding carboxylic acids is 1. The van der Waals surface area contributed by atoms with Gasteiger partial charge in [-0.05, 0) is 64.2 Å². The predicted molar refractivity (Wildman–Crippen MR) is 106 cm³/mol. The number of allylic oxidation sites excluding steroid dienone is 1. The van der Waals surface area contributed by atoms with Crippen LogP contribution in [0.25, 0.3) is 0 Å².